The molecule has 0 aliphatic rings. The van der Waals surface area contributed by atoms with Crippen molar-refractivity contribution >= 4 is 45.5 Å². The second-order valence-corrected chi connectivity index (χ2v) is 8.54. The summed E-state index contributed by atoms with van der Waals surface area (Å²) in [7, 11) is 2.20. The molecule has 0 saturated carbocycles. The molecule has 30 heavy (non-hydrogen) atoms. The van der Waals surface area contributed by atoms with Crippen LogP contribution < -0.4 is 8.61 Å². The van der Waals surface area contributed by atoms with E-state index in [2.05, 4.69) is 0 Å². The van der Waals surface area contributed by atoms with Crippen LogP contribution in [0.5, 0.6) is 0 Å². The SMILES string of the molecule is CCC(C)OC(=O)N(SSN(C(=O)OC(C)CC)c1ccccc1)c1ccccc1. The summed E-state index contributed by atoms with van der Waals surface area (Å²) >= 11 is 0. The average Bonchev–Trinajstić information content (AvgIpc) is 2.77. The van der Waals surface area contributed by atoms with Crippen LogP contribution in [0.2, 0.25) is 0 Å². The van der Waals surface area contributed by atoms with Crippen LogP contribution in [0.4, 0.5) is 21.0 Å². The lowest BCUT2D eigenvalue weighted by Crippen LogP contribution is -2.30. The van der Waals surface area contributed by atoms with E-state index in [4.69, 9.17) is 9.47 Å². The van der Waals surface area contributed by atoms with Crippen molar-refractivity contribution in [3.8, 4) is 0 Å². The van der Waals surface area contributed by atoms with E-state index >= 15 is 0 Å². The van der Waals surface area contributed by atoms with Crippen molar-refractivity contribution in [2.75, 3.05) is 8.61 Å². The van der Waals surface area contributed by atoms with Crippen LogP contribution in [0.15, 0.2) is 60.7 Å². The summed E-state index contributed by atoms with van der Waals surface area (Å²) < 4.78 is 13.9. The molecule has 2 rings (SSSR count). The molecule has 0 radical (unpaired) electrons. The maximum atomic E-state index is 12.8. The molecule has 0 bridgehead atoms. The van der Waals surface area contributed by atoms with Gasteiger partial charge in [0.1, 0.15) is 12.2 Å². The molecule has 8 heteroatoms. The van der Waals surface area contributed by atoms with Gasteiger partial charge in [0.25, 0.3) is 0 Å². The van der Waals surface area contributed by atoms with Crippen LogP contribution in [-0.2, 0) is 9.47 Å². The Kier molecular flexibility index (Phi) is 9.89. The van der Waals surface area contributed by atoms with Gasteiger partial charge in [0.2, 0.25) is 0 Å². The molecule has 2 atom stereocenters. The fourth-order valence-corrected chi connectivity index (χ4v) is 4.20. The first kappa shape index (κ1) is 24.0. The highest BCUT2D eigenvalue weighted by molar-refractivity contribution is 8.78. The number of hydrogen-bond acceptors (Lipinski definition) is 6. The lowest BCUT2D eigenvalue weighted by molar-refractivity contribution is 0.114. The van der Waals surface area contributed by atoms with Crippen molar-refractivity contribution in [2.45, 2.75) is 52.7 Å². The van der Waals surface area contributed by atoms with Crippen molar-refractivity contribution in [2.24, 2.45) is 0 Å². The Balaban J connectivity index is 2.23. The monoisotopic (exact) mass is 448 g/mol. The molecule has 0 aliphatic carbocycles. The second kappa shape index (κ2) is 12.4. The van der Waals surface area contributed by atoms with Gasteiger partial charge in [0, 0.05) is 0 Å². The summed E-state index contributed by atoms with van der Waals surface area (Å²) in [6, 6.07) is 18.4. The van der Waals surface area contributed by atoms with Gasteiger partial charge in [-0.05, 0) is 51.0 Å². The Morgan fingerprint density at radius 1 is 0.733 bits per heavy atom. The molecule has 2 unspecified atom stereocenters. The predicted octanol–water partition coefficient (Wildman–Crippen LogP) is 7.08. The van der Waals surface area contributed by atoms with Crippen molar-refractivity contribution in [1.29, 1.82) is 0 Å². The largest absolute Gasteiger partial charge is 0.446 e. The Bertz CT molecular complexity index is 725. The molecule has 0 spiro atoms. The third-order valence-electron chi connectivity index (χ3n) is 4.25. The molecule has 2 amide bonds. The van der Waals surface area contributed by atoms with Crippen LogP contribution in [0.3, 0.4) is 0 Å². The summed E-state index contributed by atoms with van der Waals surface area (Å²) in [5.41, 5.74) is 1.32. The minimum Gasteiger partial charge on any atom is -0.446 e. The smallest absolute Gasteiger partial charge is 0.425 e. The molecule has 0 saturated heterocycles. The van der Waals surface area contributed by atoms with Crippen LogP contribution in [0, 0.1) is 0 Å². The van der Waals surface area contributed by atoms with E-state index in [1.165, 1.54) is 8.61 Å². The van der Waals surface area contributed by atoms with Crippen LogP contribution in [0.1, 0.15) is 40.5 Å². The molecule has 0 N–H and O–H groups in total. The first-order valence-electron chi connectivity index (χ1n) is 9.92. The highest BCUT2D eigenvalue weighted by Gasteiger charge is 2.26. The zero-order valence-corrected chi connectivity index (χ0v) is 19.3. The van der Waals surface area contributed by atoms with Gasteiger partial charge in [-0.1, -0.05) is 50.2 Å². The normalized spacial score (nSPS) is 12.5. The number of carbonyl (C=O) groups is 2. The van der Waals surface area contributed by atoms with Gasteiger partial charge in [-0.15, -0.1) is 0 Å². The van der Waals surface area contributed by atoms with E-state index in [0.29, 0.717) is 24.2 Å². The van der Waals surface area contributed by atoms with Crippen molar-refractivity contribution in [3.63, 3.8) is 0 Å². The quantitative estimate of drug-likeness (QED) is 0.302. The standard InChI is InChI=1S/C22H28N2O4S2/c1-5-17(3)27-21(25)23(19-13-9-7-10-14-19)29-30-24(20-15-11-8-12-16-20)22(26)28-18(4)6-2/h7-18H,5-6H2,1-4H3. The Labute approximate surface area is 186 Å². The molecule has 6 nitrogen and oxygen atoms in total. The molecule has 2 aromatic rings. The second-order valence-electron chi connectivity index (χ2n) is 6.61. The zero-order valence-electron chi connectivity index (χ0n) is 17.7. The molecule has 0 fully saturated rings. The minimum atomic E-state index is -0.489. The Hall–Kier alpha value is -2.32. The Morgan fingerprint density at radius 2 is 1.07 bits per heavy atom. The van der Waals surface area contributed by atoms with E-state index in [1.807, 2.05) is 88.4 Å². The van der Waals surface area contributed by atoms with Gasteiger partial charge in [-0.2, -0.15) is 0 Å². The first-order valence-corrected chi connectivity index (χ1v) is 12.0. The average molecular weight is 449 g/mol. The van der Waals surface area contributed by atoms with Crippen molar-refractivity contribution in [1.82, 2.24) is 0 Å². The maximum Gasteiger partial charge on any atom is 0.425 e. The van der Waals surface area contributed by atoms with E-state index in [1.54, 1.807) is 0 Å². The third-order valence-corrected chi connectivity index (χ3v) is 6.43. The summed E-state index contributed by atoms with van der Waals surface area (Å²) in [6.07, 6.45) is 0.0186. The molecule has 2 aromatic carbocycles. The summed E-state index contributed by atoms with van der Waals surface area (Å²) in [6.45, 7) is 7.60. The number of carbonyl (C=O) groups excluding carboxylic acids is 2. The third kappa shape index (κ3) is 7.18. The van der Waals surface area contributed by atoms with Gasteiger partial charge in [0.05, 0.1) is 33.3 Å². The van der Waals surface area contributed by atoms with Gasteiger partial charge in [0.15, 0.2) is 0 Å². The lowest BCUT2D eigenvalue weighted by Gasteiger charge is -2.26. The number of nitrogens with zero attached hydrogens (tertiary/aromatic N) is 2. The number of amides is 2. The fourth-order valence-electron chi connectivity index (χ4n) is 2.16. The predicted molar refractivity (Wildman–Crippen MR) is 125 cm³/mol. The van der Waals surface area contributed by atoms with E-state index < -0.39 is 12.2 Å². The molecular formula is C22H28N2O4S2. The van der Waals surface area contributed by atoms with Crippen LogP contribution in [0.25, 0.3) is 0 Å². The number of rotatable bonds is 9. The van der Waals surface area contributed by atoms with E-state index in [-0.39, 0.29) is 12.2 Å². The van der Waals surface area contributed by atoms with Gasteiger partial charge >= 0.3 is 12.2 Å². The summed E-state index contributed by atoms with van der Waals surface area (Å²) in [5, 5.41) is 0. The highest BCUT2D eigenvalue weighted by Crippen LogP contribution is 2.38. The summed E-state index contributed by atoms with van der Waals surface area (Å²) in [4.78, 5) is 25.6. The van der Waals surface area contributed by atoms with Gasteiger partial charge in [-0.3, -0.25) is 0 Å². The minimum absolute atomic E-state index is 0.213. The first-order chi connectivity index (χ1) is 14.5. The molecule has 162 valence electrons. The molecule has 0 aliphatic heterocycles. The van der Waals surface area contributed by atoms with E-state index in [9.17, 15) is 9.59 Å². The molecular weight excluding hydrogens is 420 g/mol. The number of hydrogen-bond donors (Lipinski definition) is 0. The highest BCUT2D eigenvalue weighted by atomic mass is 33.1. The summed E-state index contributed by atoms with van der Waals surface area (Å²) in [5.74, 6) is 0. The number of anilines is 2. The van der Waals surface area contributed by atoms with E-state index in [0.717, 1.165) is 22.0 Å². The van der Waals surface area contributed by atoms with Crippen molar-refractivity contribution < 1.29 is 19.1 Å². The number of para-hydroxylation sites is 2. The van der Waals surface area contributed by atoms with Crippen LogP contribution >= 0.6 is 22.0 Å². The number of benzene rings is 2. The molecule has 0 heterocycles. The Morgan fingerprint density at radius 3 is 1.37 bits per heavy atom. The lowest BCUT2D eigenvalue weighted by atomic mass is 10.3. The van der Waals surface area contributed by atoms with Crippen LogP contribution in [-0.4, -0.2) is 24.4 Å². The molecule has 0 aromatic heterocycles. The van der Waals surface area contributed by atoms with Gasteiger partial charge < -0.3 is 9.47 Å². The maximum absolute atomic E-state index is 12.8. The topological polar surface area (TPSA) is 59.1 Å². The van der Waals surface area contributed by atoms with Crippen molar-refractivity contribution in [3.05, 3.63) is 60.7 Å². The van der Waals surface area contributed by atoms with Gasteiger partial charge in [-0.25, -0.2) is 18.2 Å². The fraction of sp³-hybridized carbons (Fsp3) is 0.364. The number of ether oxygens (including phenoxy) is 2. The zero-order chi connectivity index (χ0) is 21.9.